The van der Waals surface area contributed by atoms with Crippen LogP contribution in [-0.2, 0) is 5.33 Å². The second kappa shape index (κ2) is 8.11. The van der Waals surface area contributed by atoms with Crippen LogP contribution in [0.25, 0.3) is 0 Å². The Morgan fingerprint density at radius 3 is 2.76 bits per heavy atom. The SMILES string of the molecule is CCSCCOc1c(Cl)cc(CBr)cc1OC. The van der Waals surface area contributed by atoms with Crippen molar-refractivity contribution >= 4 is 39.3 Å². The summed E-state index contributed by atoms with van der Waals surface area (Å²) >= 11 is 11.4. The van der Waals surface area contributed by atoms with Crippen molar-refractivity contribution < 1.29 is 9.47 Å². The van der Waals surface area contributed by atoms with E-state index in [1.54, 1.807) is 7.11 Å². The molecule has 0 fully saturated rings. The number of benzene rings is 1. The lowest BCUT2D eigenvalue weighted by atomic mass is 10.2. The Morgan fingerprint density at radius 1 is 1.41 bits per heavy atom. The number of thioether (sulfide) groups is 1. The third-order valence-electron chi connectivity index (χ3n) is 2.12. The van der Waals surface area contributed by atoms with E-state index in [4.69, 9.17) is 21.1 Å². The number of hydrogen-bond donors (Lipinski definition) is 0. The molecule has 0 bridgehead atoms. The quantitative estimate of drug-likeness (QED) is 0.543. The van der Waals surface area contributed by atoms with E-state index in [9.17, 15) is 0 Å². The molecule has 1 rings (SSSR count). The van der Waals surface area contributed by atoms with Gasteiger partial charge in [-0.15, -0.1) is 0 Å². The first-order valence-electron chi connectivity index (χ1n) is 5.35. The van der Waals surface area contributed by atoms with E-state index in [0.717, 1.165) is 22.4 Å². The number of alkyl halides is 1. The topological polar surface area (TPSA) is 18.5 Å². The van der Waals surface area contributed by atoms with Gasteiger partial charge in [-0.3, -0.25) is 0 Å². The second-order valence-corrected chi connectivity index (χ2v) is 5.65. The Balaban J connectivity index is 2.75. The maximum Gasteiger partial charge on any atom is 0.179 e. The maximum atomic E-state index is 6.17. The van der Waals surface area contributed by atoms with Gasteiger partial charge in [0.25, 0.3) is 0 Å². The molecular formula is C12H16BrClO2S. The Morgan fingerprint density at radius 2 is 2.18 bits per heavy atom. The molecule has 0 heterocycles. The van der Waals surface area contributed by atoms with Crippen LogP contribution >= 0.6 is 39.3 Å². The summed E-state index contributed by atoms with van der Waals surface area (Å²) in [5.74, 6) is 3.37. The first-order valence-corrected chi connectivity index (χ1v) is 8.01. The fourth-order valence-electron chi connectivity index (χ4n) is 1.34. The largest absolute Gasteiger partial charge is 0.493 e. The van der Waals surface area contributed by atoms with Gasteiger partial charge in [0, 0.05) is 11.1 Å². The van der Waals surface area contributed by atoms with Crippen LogP contribution in [0.1, 0.15) is 12.5 Å². The van der Waals surface area contributed by atoms with Gasteiger partial charge in [0.2, 0.25) is 0 Å². The van der Waals surface area contributed by atoms with Crippen LogP contribution in [0.3, 0.4) is 0 Å². The highest BCUT2D eigenvalue weighted by Gasteiger charge is 2.11. The molecule has 0 unspecified atom stereocenters. The van der Waals surface area contributed by atoms with Crippen molar-refractivity contribution in [1.82, 2.24) is 0 Å². The zero-order chi connectivity index (χ0) is 12.7. The highest BCUT2D eigenvalue weighted by molar-refractivity contribution is 9.08. The molecule has 0 radical (unpaired) electrons. The Hall–Kier alpha value is -0.0600. The van der Waals surface area contributed by atoms with Gasteiger partial charge < -0.3 is 9.47 Å². The number of methoxy groups -OCH3 is 1. The van der Waals surface area contributed by atoms with Crippen LogP contribution in [0.5, 0.6) is 11.5 Å². The molecule has 0 aliphatic rings. The van der Waals surface area contributed by atoms with E-state index < -0.39 is 0 Å². The number of hydrogen-bond acceptors (Lipinski definition) is 3. The van der Waals surface area contributed by atoms with Gasteiger partial charge in [-0.1, -0.05) is 34.5 Å². The predicted molar refractivity (Wildman–Crippen MR) is 79.1 cm³/mol. The Bertz CT molecular complexity index is 361. The normalized spacial score (nSPS) is 10.4. The smallest absolute Gasteiger partial charge is 0.179 e. The molecule has 0 spiro atoms. The first kappa shape index (κ1) is 15.0. The third-order valence-corrected chi connectivity index (χ3v) is 3.91. The van der Waals surface area contributed by atoms with E-state index >= 15 is 0 Å². The average Bonchev–Trinajstić information content (AvgIpc) is 2.35. The van der Waals surface area contributed by atoms with Gasteiger partial charge >= 0.3 is 0 Å². The summed E-state index contributed by atoms with van der Waals surface area (Å²) in [5, 5.41) is 1.34. The minimum Gasteiger partial charge on any atom is -0.493 e. The molecule has 1 aromatic carbocycles. The van der Waals surface area contributed by atoms with Crippen molar-refractivity contribution in [1.29, 1.82) is 0 Å². The molecule has 0 saturated carbocycles. The van der Waals surface area contributed by atoms with Crippen LogP contribution in [0.15, 0.2) is 12.1 Å². The van der Waals surface area contributed by atoms with E-state index in [1.165, 1.54) is 0 Å². The van der Waals surface area contributed by atoms with Crippen LogP contribution in [0.4, 0.5) is 0 Å². The van der Waals surface area contributed by atoms with Crippen molar-refractivity contribution in [3.63, 3.8) is 0 Å². The monoisotopic (exact) mass is 338 g/mol. The number of halogens is 2. The second-order valence-electron chi connectivity index (χ2n) is 3.29. The molecule has 96 valence electrons. The number of rotatable bonds is 7. The van der Waals surface area contributed by atoms with Crippen molar-refractivity contribution in [2.75, 3.05) is 25.2 Å². The lowest BCUT2D eigenvalue weighted by molar-refractivity contribution is 0.313. The molecule has 0 amide bonds. The molecule has 0 aromatic heterocycles. The van der Waals surface area contributed by atoms with Crippen LogP contribution in [-0.4, -0.2) is 25.2 Å². The Kier molecular flexibility index (Phi) is 7.16. The molecule has 2 nitrogen and oxygen atoms in total. The third kappa shape index (κ3) is 4.60. The molecule has 0 saturated heterocycles. The molecule has 5 heteroatoms. The first-order chi connectivity index (χ1) is 8.22. The summed E-state index contributed by atoms with van der Waals surface area (Å²) in [4.78, 5) is 0. The summed E-state index contributed by atoms with van der Waals surface area (Å²) in [6.45, 7) is 2.77. The highest BCUT2D eigenvalue weighted by atomic mass is 79.9. The summed E-state index contributed by atoms with van der Waals surface area (Å²) in [5.41, 5.74) is 1.07. The molecule has 1 aromatic rings. The van der Waals surface area contributed by atoms with E-state index in [-0.39, 0.29) is 0 Å². The molecule has 0 aliphatic heterocycles. The highest BCUT2D eigenvalue weighted by Crippen LogP contribution is 2.36. The van der Waals surface area contributed by atoms with Crippen molar-refractivity contribution in [3.8, 4) is 11.5 Å². The van der Waals surface area contributed by atoms with E-state index in [1.807, 2.05) is 23.9 Å². The number of ether oxygens (including phenoxy) is 2. The van der Waals surface area contributed by atoms with E-state index in [2.05, 4.69) is 22.9 Å². The van der Waals surface area contributed by atoms with Crippen LogP contribution < -0.4 is 9.47 Å². The zero-order valence-electron chi connectivity index (χ0n) is 9.96. The van der Waals surface area contributed by atoms with Gasteiger partial charge in [0.15, 0.2) is 11.5 Å². The van der Waals surface area contributed by atoms with Crippen molar-refractivity contribution in [3.05, 3.63) is 22.7 Å². The lowest BCUT2D eigenvalue weighted by Gasteiger charge is -2.13. The van der Waals surface area contributed by atoms with E-state index in [0.29, 0.717) is 23.1 Å². The summed E-state index contributed by atoms with van der Waals surface area (Å²) in [6.07, 6.45) is 0. The minimum atomic E-state index is 0.597. The van der Waals surface area contributed by atoms with Gasteiger partial charge in [-0.05, 0) is 23.4 Å². The predicted octanol–water partition coefficient (Wildman–Crippen LogP) is 4.38. The standard InChI is InChI=1S/C12H16BrClO2S/c1-3-17-5-4-16-12-10(14)6-9(8-13)7-11(12)15-2/h6-7H,3-5,8H2,1-2H3. The maximum absolute atomic E-state index is 6.17. The van der Waals surface area contributed by atoms with Crippen molar-refractivity contribution in [2.24, 2.45) is 0 Å². The van der Waals surface area contributed by atoms with Crippen LogP contribution in [0, 0.1) is 0 Å². The summed E-state index contributed by atoms with van der Waals surface area (Å²) in [7, 11) is 1.62. The van der Waals surface area contributed by atoms with Gasteiger partial charge in [-0.2, -0.15) is 11.8 Å². The summed E-state index contributed by atoms with van der Waals surface area (Å²) < 4.78 is 11.0. The van der Waals surface area contributed by atoms with Gasteiger partial charge in [0.1, 0.15) is 0 Å². The fraction of sp³-hybridized carbons (Fsp3) is 0.500. The lowest BCUT2D eigenvalue weighted by Crippen LogP contribution is -2.03. The summed E-state index contributed by atoms with van der Waals surface area (Å²) in [6, 6.07) is 3.82. The molecule has 0 atom stereocenters. The molecule has 0 N–H and O–H groups in total. The fourth-order valence-corrected chi connectivity index (χ4v) is 2.44. The van der Waals surface area contributed by atoms with Crippen molar-refractivity contribution in [2.45, 2.75) is 12.3 Å². The molecular weight excluding hydrogens is 324 g/mol. The van der Waals surface area contributed by atoms with Gasteiger partial charge in [-0.25, -0.2) is 0 Å². The minimum absolute atomic E-state index is 0.597. The van der Waals surface area contributed by atoms with Crippen LogP contribution in [0.2, 0.25) is 5.02 Å². The van der Waals surface area contributed by atoms with Gasteiger partial charge in [0.05, 0.1) is 18.7 Å². The Labute approximate surface area is 120 Å². The molecule has 17 heavy (non-hydrogen) atoms. The zero-order valence-corrected chi connectivity index (χ0v) is 13.1. The molecule has 0 aliphatic carbocycles. The average molecular weight is 340 g/mol.